The number of nitrogen functional groups attached to an aromatic ring is 1. The van der Waals surface area contributed by atoms with Gasteiger partial charge in [-0.3, -0.25) is 10.1 Å². The number of ether oxygens (including phenoxy) is 1. The van der Waals surface area contributed by atoms with Gasteiger partial charge in [0.1, 0.15) is 5.75 Å². The molecule has 6 nitrogen and oxygen atoms in total. The Bertz CT molecular complexity index is 620. The van der Waals surface area contributed by atoms with Gasteiger partial charge in [-0.15, -0.1) is 0 Å². The Balaban J connectivity index is 2.23. The standard InChI is InChI=1S/C13H15N3O3/c1-7-8(2)16-19-13(7)15-12(17)10-5-4-9(18-3)6-11(10)14/h4-6H,14H2,1-3H3,(H,15,17). The van der Waals surface area contributed by atoms with Crippen LogP contribution in [0.15, 0.2) is 22.7 Å². The molecule has 1 heterocycles. The van der Waals surface area contributed by atoms with E-state index in [2.05, 4.69) is 10.5 Å². The number of amides is 1. The van der Waals surface area contributed by atoms with Crippen LogP contribution in [-0.2, 0) is 0 Å². The second-order valence-corrected chi connectivity index (χ2v) is 4.13. The van der Waals surface area contributed by atoms with E-state index in [1.165, 1.54) is 7.11 Å². The minimum Gasteiger partial charge on any atom is -0.497 e. The van der Waals surface area contributed by atoms with Gasteiger partial charge in [0.15, 0.2) is 0 Å². The molecule has 0 atom stereocenters. The Morgan fingerprint density at radius 3 is 2.68 bits per heavy atom. The number of anilines is 2. The summed E-state index contributed by atoms with van der Waals surface area (Å²) in [6, 6.07) is 4.86. The maximum atomic E-state index is 12.1. The lowest BCUT2D eigenvalue weighted by atomic mass is 10.1. The van der Waals surface area contributed by atoms with E-state index in [-0.39, 0.29) is 5.91 Å². The number of hydrogen-bond acceptors (Lipinski definition) is 5. The minimum absolute atomic E-state index is 0.331. The molecule has 0 aliphatic heterocycles. The van der Waals surface area contributed by atoms with Gasteiger partial charge in [0.2, 0.25) is 5.88 Å². The summed E-state index contributed by atoms with van der Waals surface area (Å²) in [5.41, 5.74) is 8.03. The Hall–Kier alpha value is -2.50. The van der Waals surface area contributed by atoms with Crippen LogP contribution < -0.4 is 15.8 Å². The fourth-order valence-corrected chi connectivity index (χ4v) is 1.58. The maximum absolute atomic E-state index is 12.1. The molecule has 1 aromatic carbocycles. The number of methoxy groups -OCH3 is 1. The van der Waals surface area contributed by atoms with Crippen molar-refractivity contribution < 1.29 is 14.1 Å². The van der Waals surface area contributed by atoms with Crippen LogP contribution in [0.4, 0.5) is 11.6 Å². The molecule has 0 radical (unpaired) electrons. The third kappa shape index (κ3) is 2.52. The molecule has 0 aliphatic carbocycles. The average Bonchev–Trinajstić information content (AvgIpc) is 2.70. The van der Waals surface area contributed by atoms with Gasteiger partial charge in [-0.2, -0.15) is 0 Å². The molecular formula is C13H15N3O3. The van der Waals surface area contributed by atoms with Crippen molar-refractivity contribution in [3.05, 3.63) is 35.0 Å². The van der Waals surface area contributed by atoms with Crippen molar-refractivity contribution in [2.75, 3.05) is 18.2 Å². The van der Waals surface area contributed by atoms with E-state index in [0.29, 0.717) is 22.9 Å². The molecule has 0 spiro atoms. The van der Waals surface area contributed by atoms with E-state index in [4.69, 9.17) is 15.0 Å². The fourth-order valence-electron chi connectivity index (χ4n) is 1.58. The highest BCUT2D eigenvalue weighted by molar-refractivity contribution is 6.07. The summed E-state index contributed by atoms with van der Waals surface area (Å²) in [6.45, 7) is 3.62. The first-order valence-electron chi connectivity index (χ1n) is 5.70. The molecule has 2 aromatic rings. The highest BCUT2D eigenvalue weighted by Gasteiger charge is 2.15. The molecule has 0 saturated carbocycles. The number of rotatable bonds is 3. The molecule has 0 fully saturated rings. The molecule has 100 valence electrons. The Labute approximate surface area is 110 Å². The zero-order valence-electron chi connectivity index (χ0n) is 11.0. The summed E-state index contributed by atoms with van der Waals surface area (Å²) < 4.78 is 10.1. The summed E-state index contributed by atoms with van der Waals surface area (Å²) in [6.07, 6.45) is 0. The molecule has 0 unspecified atom stereocenters. The predicted molar refractivity (Wildman–Crippen MR) is 71.3 cm³/mol. The van der Waals surface area contributed by atoms with E-state index < -0.39 is 0 Å². The number of aromatic nitrogens is 1. The van der Waals surface area contributed by atoms with Crippen LogP contribution in [0, 0.1) is 13.8 Å². The summed E-state index contributed by atoms with van der Waals surface area (Å²) in [7, 11) is 1.54. The van der Waals surface area contributed by atoms with Crippen molar-refractivity contribution in [3.8, 4) is 5.75 Å². The van der Waals surface area contributed by atoms with E-state index in [1.54, 1.807) is 25.1 Å². The monoisotopic (exact) mass is 261 g/mol. The zero-order chi connectivity index (χ0) is 14.0. The van der Waals surface area contributed by atoms with Crippen LogP contribution in [0.5, 0.6) is 5.75 Å². The van der Waals surface area contributed by atoms with E-state index in [9.17, 15) is 4.79 Å². The third-order valence-corrected chi connectivity index (χ3v) is 2.89. The molecule has 19 heavy (non-hydrogen) atoms. The second-order valence-electron chi connectivity index (χ2n) is 4.13. The number of nitrogens with zero attached hydrogens (tertiary/aromatic N) is 1. The van der Waals surface area contributed by atoms with Crippen molar-refractivity contribution in [1.82, 2.24) is 5.16 Å². The summed E-state index contributed by atoms with van der Waals surface area (Å²) >= 11 is 0. The van der Waals surface area contributed by atoms with Crippen molar-refractivity contribution in [1.29, 1.82) is 0 Å². The number of aryl methyl sites for hydroxylation is 1. The SMILES string of the molecule is COc1ccc(C(=O)Nc2onc(C)c2C)c(N)c1. The van der Waals surface area contributed by atoms with Crippen LogP contribution in [-0.4, -0.2) is 18.2 Å². The smallest absolute Gasteiger partial charge is 0.260 e. The fraction of sp³-hybridized carbons (Fsp3) is 0.231. The molecular weight excluding hydrogens is 246 g/mol. The number of nitrogens with two attached hydrogens (primary N) is 1. The van der Waals surface area contributed by atoms with Crippen molar-refractivity contribution in [2.24, 2.45) is 0 Å². The van der Waals surface area contributed by atoms with E-state index >= 15 is 0 Å². The average molecular weight is 261 g/mol. The number of hydrogen-bond donors (Lipinski definition) is 2. The Morgan fingerprint density at radius 1 is 1.42 bits per heavy atom. The highest BCUT2D eigenvalue weighted by atomic mass is 16.5. The quantitative estimate of drug-likeness (QED) is 0.826. The normalized spacial score (nSPS) is 10.3. The molecule has 0 bridgehead atoms. The van der Waals surface area contributed by atoms with Gasteiger partial charge in [0.05, 0.1) is 18.4 Å². The lowest BCUT2D eigenvalue weighted by Crippen LogP contribution is -2.14. The predicted octanol–water partition coefficient (Wildman–Crippen LogP) is 2.13. The number of carbonyl (C=O) groups excluding carboxylic acids is 1. The number of carbonyl (C=O) groups is 1. The molecule has 0 aliphatic rings. The number of nitrogens with one attached hydrogen (secondary N) is 1. The molecule has 1 amide bonds. The van der Waals surface area contributed by atoms with E-state index in [0.717, 1.165) is 11.3 Å². The van der Waals surface area contributed by atoms with Gasteiger partial charge in [-0.05, 0) is 26.0 Å². The van der Waals surface area contributed by atoms with Crippen molar-refractivity contribution in [2.45, 2.75) is 13.8 Å². The minimum atomic E-state index is -0.348. The lowest BCUT2D eigenvalue weighted by molar-refractivity contribution is 0.102. The van der Waals surface area contributed by atoms with Crippen LogP contribution in [0.25, 0.3) is 0 Å². The molecule has 0 saturated heterocycles. The topological polar surface area (TPSA) is 90.4 Å². The van der Waals surface area contributed by atoms with Gasteiger partial charge in [0.25, 0.3) is 5.91 Å². The van der Waals surface area contributed by atoms with Gasteiger partial charge < -0.3 is 15.0 Å². The van der Waals surface area contributed by atoms with Crippen molar-refractivity contribution in [3.63, 3.8) is 0 Å². The van der Waals surface area contributed by atoms with Crippen LogP contribution in [0.2, 0.25) is 0 Å². The van der Waals surface area contributed by atoms with Crippen LogP contribution in [0.3, 0.4) is 0 Å². The Morgan fingerprint density at radius 2 is 2.16 bits per heavy atom. The van der Waals surface area contributed by atoms with Gasteiger partial charge in [0, 0.05) is 17.3 Å². The van der Waals surface area contributed by atoms with Gasteiger partial charge in [-0.1, -0.05) is 5.16 Å². The first-order valence-corrected chi connectivity index (χ1v) is 5.70. The first-order chi connectivity index (χ1) is 9.02. The maximum Gasteiger partial charge on any atom is 0.260 e. The number of benzene rings is 1. The molecule has 3 N–H and O–H groups in total. The summed E-state index contributed by atoms with van der Waals surface area (Å²) in [5, 5.41) is 6.41. The Kier molecular flexibility index (Phi) is 3.41. The molecule has 2 rings (SSSR count). The molecule has 1 aromatic heterocycles. The zero-order valence-corrected chi connectivity index (χ0v) is 11.0. The highest BCUT2D eigenvalue weighted by Crippen LogP contribution is 2.22. The summed E-state index contributed by atoms with van der Waals surface area (Å²) in [4.78, 5) is 12.1. The summed E-state index contributed by atoms with van der Waals surface area (Å²) in [5.74, 6) is 0.581. The second kappa shape index (κ2) is 5.01. The van der Waals surface area contributed by atoms with Crippen molar-refractivity contribution >= 4 is 17.5 Å². The van der Waals surface area contributed by atoms with Crippen LogP contribution in [0.1, 0.15) is 21.6 Å². The third-order valence-electron chi connectivity index (χ3n) is 2.89. The van der Waals surface area contributed by atoms with Gasteiger partial charge in [-0.25, -0.2) is 0 Å². The van der Waals surface area contributed by atoms with Gasteiger partial charge >= 0.3 is 0 Å². The largest absolute Gasteiger partial charge is 0.497 e. The molecule has 6 heteroatoms. The first kappa shape index (κ1) is 12.9. The van der Waals surface area contributed by atoms with E-state index in [1.807, 2.05) is 6.92 Å². The lowest BCUT2D eigenvalue weighted by Gasteiger charge is -2.07. The van der Waals surface area contributed by atoms with Crippen LogP contribution >= 0.6 is 0 Å².